The van der Waals surface area contributed by atoms with Crippen LogP contribution in [0.25, 0.3) is 0 Å². The first kappa shape index (κ1) is 18.3. The first-order chi connectivity index (χ1) is 8.88. The van der Waals surface area contributed by atoms with E-state index in [2.05, 4.69) is 65.8 Å². The van der Waals surface area contributed by atoms with Crippen LogP contribution in [-0.4, -0.2) is 30.2 Å². The highest BCUT2D eigenvalue weighted by Gasteiger charge is 2.13. The van der Waals surface area contributed by atoms with Crippen LogP contribution in [0, 0.1) is 0 Å². The van der Waals surface area contributed by atoms with Crippen molar-refractivity contribution in [1.82, 2.24) is 0 Å². The third-order valence-corrected chi connectivity index (χ3v) is 3.32. The molecule has 1 heterocycles. The molecule has 19 heavy (non-hydrogen) atoms. The molecule has 6 heteroatoms. The van der Waals surface area contributed by atoms with E-state index in [1.165, 1.54) is 17.5 Å². The molecule has 0 N–H and O–H groups in total. The molecule has 106 valence electrons. The third kappa shape index (κ3) is 8.91. The second-order valence-corrected chi connectivity index (χ2v) is 5.85. The Bertz CT molecular complexity index is 420. The van der Waals surface area contributed by atoms with Crippen LogP contribution in [-0.2, 0) is 9.53 Å². The molecule has 0 radical (unpaired) electrons. The summed E-state index contributed by atoms with van der Waals surface area (Å²) >= 11 is 9.70. The van der Waals surface area contributed by atoms with Gasteiger partial charge in [-0.1, -0.05) is 12.1 Å². The topological polar surface area (TPSA) is 29.5 Å². The predicted molar refractivity (Wildman–Crippen MR) is 90.5 cm³/mol. The highest BCUT2D eigenvalue weighted by molar-refractivity contribution is 7.99. The summed E-state index contributed by atoms with van der Waals surface area (Å²) in [6.07, 6.45) is 0. The molecule has 0 amide bonds. The number of methoxy groups -OCH3 is 1. The van der Waals surface area contributed by atoms with E-state index in [1.807, 2.05) is 11.8 Å². The normalized spacial score (nSPS) is 11.3. The fourth-order valence-electron chi connectivity index (χ4n) is 1.13. The Kier molecular flexibility index (Phi) is 9.73. The van der Waals surface area contributed by atoms with Gasteiger partial charge in [0.1, 0.15) is 0 Å². The van der Waals surface area contributed by atoms with Gasteiger partial charge in [0, 0.05) is 25.8 Å². The fourth-order valence-corrected chi connectivity index (χ4v) is 2.15. The van der Waals surface area contributed by atoms with Gasteiger partial charge in [0.05, 0.1) is 18.7 Å². The van der Waals surface area contributed by atoms with Crippen LogP contribution < -0.4 is 4.90 Å². The van der Waals surface area contributed by atoms with Crippen molar-refractivity contribution >= 4 is 52.5 Å². The summed E-state index contributed by atoms with van der Waals surface area (Å²) in [4.78, 5) is 13.0. The van der Waals surface area contributed by atoms with Crippen LogP contribution in [0.3, 0.4) is 0 Å². The Morgan fingerprint density at radius 3 is 2.32 bits per heavy atom. The van der Waals surface area contributed by atoms with E-state index in [9.17, 15) is 4.79 Å². The molecule has 2 rings (SSSR count). The summed E-state index contributed by atoms with van der Waals surface area (Å²) in [5.41, 5.74) is 1.37. The Labute approximate surface area is 130 Å². The minimum atomic E-state index is -0.139. The number of hydrogen-bond donors (Lipinski definition) is 1. The molecule has 0 atom stereocenters. The maximum Gasteiger partial charge on any atom is 0.182 e. The van der Waals surface area contributed by atoms with Crippen LogP contribution in [0.15, 0.2) is 29.2 Å². The Balaban J connectivity index is 0.000000307. The summed E-state index contributed by atoms with van der Waals surface area (Å²) in [7, 11) is 3.68. The van der Waals surface area contributed by atoms with Crippen molar-refractivity contribution in [1.29, 1.82) is 0 Å². The Morgan fingerprint density at radius 1 is 1.42 bits per heavy atom. The highest BCUT2D eigenvalue weighted by atomic mass is 32.2. The van der Waals surface area contributed by atoms with Crippen molar-refractivity contribution in [3.63, 3.8) is 0 Å². The molecule has 0 aromatic heterocycles. The Morgan fingerprint density at radius 2 is 1.89 bits per heavy atom. The number of rotatable bonds is 0. The second kappa shape index (κ2) is 10.1. The van der Waals surface area contributed by atoms with Crippen molar-refractivity contribution in [2.45, 2.75) is 18.7 Å². The smallest absolute Gasteiger partial charge is 0.182 e. The summed E-state index contributed by atoms with van der Waals surface area (Å²) in [5.74, 6) is 1.10. The average molecular weight is 318 g/mol. The zero-order chi connectivity index (χ0) is 14.8. The number of anilines is 1. The van der Waals surface area contributed by atoms with Gasteiger partial charge in [0.2, 0.25) is 0 Å². The maximum atomic E-state index is 9.31. The molecule has 1 aromatic carbocycles. The monoisotopic (exact) mass is 317 g/mol. The lowest BCUT2D eigenvalue weighted by Crippen LogP contribution is -2.10. The SMILES string of the molecule is CC(=O)S.CN1CSc2ccccc21.COC(C)=S. The molecular formula is C13H19NO2S3. The number of hydrogen-bond acceptors (Lipinski definition) is 5. The van der Waals surface area contributed by atoms with E-state index in [-0.39, 0.29) is 5.12 Å². The number of benzene rings is 1. The van der Waals surface area contributed by atoms with Gasteiger partial charge in [-0.2, -0.15) is 0 Å². The molecule has 0 aliphatic carbocycles. The number of carbonyl (C=O) groups is 1. The summed E-state index contributed by atoms with van der Waals surface area (Å²) in [5, 5.41) is 0.449. The molecule has 0 bridgehead atoms. The first-order valence-corrected chi connectivity index (χ1v) is 7.39. The van der Waals surface area contributed by atoms with Crippen LogP contribution in [0.1, 0.15) is 13.8 Å². The summed E-state index contributed by atoms with van der Waals surface area (Å²) in [6.45, 7) is 3.12. The quantitative estimate of drug-likeness (QED) is 0.583. The molecule has 1 aliphatic heterocycles. The molecule has 0 saturated heterocycles. The lowest BCUT2D eigenvalue weighted by Gasteiger charge is -2.08. The third-order valence-electron chi connectivity index (χ3n) is 1.98. The zero-order valence-electron chi connectivity index (χ0n) is 11.5. The molecule has 0 saturated carbocycles. The Hall–Kier alpha value is -0.720. The van der Waals surface area contributed by atoms with Crippen molar-refractivity contribution < 1.29 is 9.53 Å². The van der Waals surface area contributed by atoms with Gasteiger partial charge in [-0.15, -0.1) is 24.4 Å². The lowest BCUT2D eigenvalue weighted by atomic mass is 10.3. The molecule has 1 aromatic rings. The van der Waals surface area contributed by atoms with E-state index in [1.54, 1.807) is 14.0 Å². The minimum absolute atomic E-state index is 0.139. The molecule has 0 spiro atoms. The van der Waals surface area contributed by atoms with Gasteiger partial charge in [-0.3, -0.25) is 4.79 Å². The lowest BCUT2D eigenvalue weighted by molar-refractivity contribution is -0.108. The van der Waals surface area contributed by atoms with Gasteiger partial charge in [0.15, 0.2) is 10.2 Å². The van der Waals surface area contributed by atoms with E-state index >= 15 is 0 Å². The van der Waals surface area contributed by atoms with E-state index < -0.39 is 0 Å². The van der Waals surface area contributed by atoms with Gasteiger partial charge in [0.25, 0.3) is 0 Å². The summed E-state index contributed by atoms with van der Waals surface area (Å²) < 4.78 is 4.48. The van der Waals surface area contributed by atoms with Gasteiger partial charge < -0.3 is 9.64 Å². The maximum absolute atomic E-state index is 9.31. The zero-order valence-corrected chi connectivity index (χ0v) is 14.1. The van der Waals surface area contributed by atoms with E-state index in [0.717, 1.165) is 5.88 Å². The number of fused-ring (bicyclic) bond motifs is 1. The number of thiocarbonyl (C=S) groups is 1. The van der Waals surface area contributed by atoms with Crippen LogP contribution in [0.2, 0.25) is 0 Å². The molecule has 1 aliphatic rings. The second-order valence-electron chi connectivity index (χ2n) is 3.65. The number of nitrogens with zero attached hydrogens (tertiary/aromatic N) is 1. The number of carbonyl (C=O) groups excluding carboxylic acids is 1. The average Bonchev–Trinajstić information content (AvgIpc) is 2.72. The van der Waals surface area contributed by atoms with Gasteiger partial charge >= 0.3 is 0 Å². The minimum Gasteiger partial charge on any atom is -0.491 e. The van der Waals surface area contributed by atoms with Gasteiger partial charge in [-0.05, 0) is 24.4 Å². The molecule has 0 unspecified atom stereocenters. The molecule has 3 nitrogen and oxygen atoms in total. The molecular weight excluding hydrogens is 298 g/mol. The van der Waals surface area contributed by atoms with Crippen LogP contribution >= 0.6 is 36.6 Å². The number of ether oxygens (including phenoxy) is 1. The van der Waals surface area contributed by atoms with Crippen molar-refractivity contribution in [3.05, 3.63) is 24.3 Å². The number of para-hydroxylation sites is 1. The molecule has 0 fully saturated rings. The van der Waals surface area contributed by atoms with Crippen LogP contribution in [0.4, 0.5) is 5.69 Å². The largest absolute Gasteiger partial charge is 0.491 e. The summed E-state index contributed by atoms with van der Waals surface area (Å²) in [6, 6.07) is 8.50. The number of thiol groups is 1. The van der Waals surface area contributed by atoms with Crippen LogP contribution in [0.5, 0.6) is 0 Å². The number of thioether (sulfide) groups is 1. The van der Waals surface area contributed by atoms with Gasteiger partial charge in [-0.25, -0.2) is 0 Å². The van der Waals surface area contributed by atoms with Crippen molar-refractivity contribution in [2.75, 3.05) is 24.9 Å². The van der Waals surface area contributed by atoms with E-state index in [0.29, 0.717) is 5.05 Å². The first-order valence-electron chi connectivity index (χ1n) is 5.55. The van der Waals surface area contributed by atoms with Crippen molar-refractivity contribution in [3.8, 4) is 0 Å². The fraction of sp³-hybridized carbons (Fsp3) is 0.385. The van der Waals surface area contributed by atoms with E-state index in [4.69, 9.17) is 0 Å². The standard InChI is InChI=1S/C8H9NS.C3H6OS.C2H4OS/c1-9-6-10-8-5-3-2-4-7(8)9;1-3(5)4-2;1-2(3)4/h2-5H,6H2,1H3;1-2H3;1H3,(H,3,4). The van der Waals surface area contributed by atoms with Crippen molar-refractivity contribution in [2.24, 2.45) is 0 Å². The highest BCUT2D eigenvalue weighted by Crippen LogP contribution is 2.36. The predicted octanol–water partition coefficient (Wildman–Crippen LogP) is 3.63.